The SMILES string of the molecule is CCCC(NC(=O)OCc1ccccc1)C(=O)Oc1ccc2c(C)cc(=O)oc2c1. The van der Waals surface area contributed by atoms with Crippen molar-refractivity contribution in [3.8, 4) is 5.75 Å². The van der Waals surface area contributed by atoms with E-state index >= 15 is 0 Å². The first-order chi connectivity index (χ1) is 14.5. The fourth-order valence-corrected chi connectivity index (χ4v) is 3.00. The number of hydrogen-bond acceptors (Lipinski definition) is 6. The van der Waals surface area contributed by atoms with E-state index in [-0.39, 0.29) is 12.4 Å². The van der Waals surface area contributed by atoms with Crippen molar-refractivity contribution in [2.24, 2.45) is 0 Å². The molecule has 1 unspecified atom stereocenters. The third kappa shape index (κ3) is 5.47. The second-order valence-corrected chi connectivity index (χ2v) is 6.87. The average Bonchev–Trinajstić information content (AvgIpc) is 2.72. The van der Waals surface area contributed by atoms with Crippen molar-refractivity contribution in [2.75, 3.05) is 0 Å². The van der Waals surface area contributed by atoms with Crippen molar-refractivity contribution in [3.63, 3.8) is 0 Å². The predicted molar refractivity (Wildman–Crippen MR) is 111 cm³/mol. The number of nitrogens with one attached hydrogen (secondary N) is 1. The first kappa shape index (κ1) is 21.1. The zero-order valence-corrected chi connectivity index (χ0v) is 16.8. The van der Waals surface area contributed by atoms with Crippen LogP contribution >= 0.6 is 0 Å². The van der Waals surface area contributed by atoms with Crippen LogP contribution in [0, 0.1) is 6.92 Å². The number of ether oxygens (including phenoxy) is 2. The molecule has 0 aliphatic carbocycles. The molecule has 1 aromatic heterocycles. The lowest BCUT2D eigenvalue weighted by atomic mass is 10.1. The van der Waals surface area contributed by atoms with Gasteiger partial charge in [-0.15, -0.1) is 0 Å². The van der Waals surface area contributed by atoms with Gasteiger partial charge >= 0.3 is 17.7 Å². The molecule has 0 saturated carbocycles. The van der Waals surface area contributed by atoms with Crippen LogP contribution in [0.1, 0.15) is 30.9 Å². The lowest BCUT2D eigenvalue weighted by Gasteiger charge is -2.17. The van der Waals surface area contributed by atoms with E-state index in [1.807, 2.05) is 37.3 Å². The van der Waals surface area contributed by atoms with Crippen molar-refractivity contribution in [3.05, 3.63) is 76.1 Å². The molecular weight excluding hydrogens is 386 g/mol. The summed E-state index contributed by atoms with van der Waals surface area (Å²) in [7, 11) is 0. The molecule has 1 atom stereocenters. The third-order valence-electron chi connectivity index (χ3n) is 4.51. The van der Waals surface area contributed by atoms with Crippen LogP contribution in [0.25, 0.3) is 11.0 Å². The Labute approximate surface area is 173 Å². The Hall–Kier alpha value is -3.61. The molecular formula is C23H23NO6. The Bertz CT molecular complexity index is 1090. The number of alkyl carbamates (subject to hydrolysis) is 1. The van der Waals surface area contributed by atoms with E-state index < -0.39 is 23.7 Å². The second-order valence-electron chi connectivity index (χ2n) is 6.87. The third-order valence-corrected chi connectivity index (χ3v) is 4.51. The maximum Gasteiger partial charge on any atom is 0.408 e. The second kappa shape index (κ2) is 9.73. The molecule has 0 spiro atoms. The normalized spacial score (nSPS) is 11.7. The predicted octanol–water partition coefficient (Wildman–Crippen LogP) is 4.10. The minimum absolute atomic E-state index is 0.101. The summed E-state index contributed by atoms with van der Waals surface area (Å²) in [5.74, 6) is -0.398. The minimum Gasteiger partial charge on any atom is -0.445 e. The van der Waals surface area contributed by atoms with E-state index in [1.165, 1.54) is 12.1 Å². The van der Waals surface area contributed by atoms with Gasteiger partial charge in [-0.2, -0.15) is 0 Å². The van der Waals surface area contributed by atoms with Gasteiger partial charge in [0.2, 0.25) is 0 Å². The van der Waals surface area contributed by atoms with Crippen molar-refractivity contribution in [1.82, 2.24) is 5.32 Å². The zero-order chi connectivity index (χ0) is 21.5. The number of benzene rings is 2. The maximum absolute atomic E-state index is 12.6. The summed E-state index contributed by atoms with van der Waals surface area (Å²) in [6, 6.07) is 14.6. The number of amides is 1. The highest BCUT2D eigenvalue weighted by Crippen LogP contribution is 2.22. The van der Waals surface area contributed by atoms with Crippen molar-refractivity contribution in [1.29, 1.82) is 0 Å². The van der Waals surface area contributed by atoms with Crippen LogP contribution in [-0.2, 0) is 16.1 Å². The van der Waals surface area contributed by atoms with Crippen LogP contribution in [0.15, 0.2) is 63.8 Å². The van der Waals surface area contributed by atoms with Gasteiger partial charge in [0.15, 0.2) is 0 Å². The fraction of sp³-hybridized carbons (Fsp3) is 0.261. The smallest absolute Gasteiger partial charge is 0.408 e. The number of rotatable bonds is 7. The van der Waals surface area contributed by atoms with Crippen LogP contribution in [-0.4, -0.2) is 18.1 Å². The number of carbonyl (C=O) groups excluding carboxylic acids is 2. The van der Waals surface area contributed by atoms with Crippen LogP contribution in [0.5, 0.6) is 5.75 Å². The van der Waals surface area contributed by atoms with Crippen molar-refractivity contribution >= 4 is 23.0 Å². The molecule has 0 aliphatic heterocycles. The highest BCUT2D eigenvalue weighted by atomic mass is 16.6. The molecule has 0 fully saturated rings. The number of aryl methyl sites for hydroxylation is 1. The van der Waals surface area contributed by atoms with Gasteiger partial charge in [-0.1, -0.05) is 43.7 Å². The summed E-state index contributed by atoms with van der Waals surface area (Å²) in [4.78, 5) is 36.3. The fourth-order valence-electron chi connectivity index (χ4n) is 3.00. The van der Waals surface area contributed by atoms with Crippen LogP contribution in [0.2, 0.25) is 0 Å². The molecule has 0 aliphatic rings. The van der Waals surface area contributed by atoms with Crippen LogP contribution < -0.4 is 15.7 Å². The molecule has 3 aromatic rings. The summed E-state index contributed by atoms with van der Waals surface area (Å²) >= 11 is 0. The highest BCUT2D eigenvalue weighted by molar-refractivity contribution is 5.85. The lowest BCUT2D eigenvalue weighted by Crippen LogP contribution is -2.43. The Balaban J connectivity index is 1.65. The van der Waals surface area contributed by atoms with Gasteiger partial charge in [0, 0.05) is 17.5 Å². The van der Waals surface area contributed by atoms with Crippen molar-refractivity contribution < 1.29 is 23.5 Å². The van der Waals surface area contributed by atoms with Gasteiger partial charge in [0.05, 0.1) is 0 Å². The molecule has 156 valence electrons. The molecule has 3 rings (SSSR count). The van der Waals surface area contributed by atoms with Gasteiger partial charge < -0.3 is 19.2 Å². The maximum atomic E-state index is 12.6. The Kier molecular flexibility index (Phi) is 6.85. The molecule has 30 heavy (non-hydrogen) atoms. The Morgan fingerprint density at radius 3 is 2.60 bits per heavy atom. The number of carbonyl (C=O) groups is 2. The summed E-state index contributed by atoms with van der Waals surface area (Å²) in [6.45, 7) is 3.79. The van der Waals surface area contributed by atoms with Crippen LogP contribution in [0.3, 0.4) is 0 Å². The van der Waals surface area contributed by atoms with E-state index in [9.17, 15) is 14.4 Å². The van der Waals surface area contributed by atoms with Gasteiger partial charge in [0.25, 0.3) is 0 Å². The van der Waals surface area contributed by atoms with Crippen molar-refractivity contribution in [2.45, 2.75) is 39.3 Å². The summed E-state index contributed by atoms with van der Waals surface area (Å²) in [5.41, 5.74) is 1.46. The molecule has 1 heterocycles. The largest absolute Gasteiger partial charge is 0.445 e. The quantitative estimate of drug-likeness (QED) is 0.359. The molecule has 1 amide bonds. The van der Waals surface area contributed by atoms with Gasteiger partial charge in [-0.05, 0) is 36.6 Å². The monoisotopic (exact) mass is 409 g/mol. The standard InChI is InChI=1S/C23H23NO6/c1-3-7-19(24-23(27)28-14-16-8-5-4-6-9-16)22(26)29-17-10-11-18-15(2)12-21(25)30-20(18)13-17/h4-6,8-13,19H,3,7,14H2,1-2H3,(H,24,27). The highest BCUT2D eigenvalue weighted by Gasteiger charge is 2.23. The molecule has 0 saturated heterocycles. The molecule has 0 bridgehead atoms. The Morgan fingerprint density at radius 1 is 1.10 bits per heavy atom. The first-order valence-electron chi connectivity index (χ1n) is 9.69. The molecule has 2 aromatic carbocycles. The summed E-state index contributed by atoms with van der Waals surface area (Å²) in [6.07, 6.45) is 0.348. The van der Waals surface area contributed by atoms with Crippen LogP contribution in [0.4, 0.5) is 4.79 Å². The zero-order valence-electron chi connectivity index (χ0n) is 16.8. The molecule has 1 N–H and O–H groups in total. The summed E-state index contributed by atoms with van der Waals surface area (Å²) in [5, 5.41) is 3.31. The average molecular weight is 409 g/mol. The van der Waals surface area contributed by atoms with E-state index in [1.54, 1.807) is 19.1 Å². The number of fused-ring (bicyclic) bond motifs is 1. The minimum atomic E-state index is -0.863. The van der Waals surface area contributed by atoms with E-state index in [2.05, 4.69) is 5.32 Å². The van der Waals surface area contributed by atoms with E-state index in [0.717, 1.165) is 16.5 Å². The molecule has 0 radical (unpaired) electrons. The first-order valence-corrected chi connectivity index (χ1v) is 9.69. The van der Waals surface area contributed by atoms with E-state index in [0.29, 0.717) is 18.4 Å². The van der Waals surface area contributed by atoms with Gasteiger partial charge in [0.1, 0.15) is 24.0 Å². The van der Waals surface area contributed by atoms with Gasteiger partial charge in [-0.3, -0.25) is 0 Å². The number of esters is 1. The van der Waals surface area contributed by atoms with E-state index in [4.69, 9.17) is 13.9 Å². The topological polar surface area (TPSA) is 94.8 Å². The number of hydrogen-bond donors (Lipinski definition) is 1. The molecule has 7 nitrogen and oxygen atoms in total. The summed E-state index contributed by atoms with van der Waals surface area (Å²) < 4.78 is 15.8. The van der Waals surface area contributed by atoms with Gasteiger partial charge in [-0.25, -0.2) is 14.4 Å². The molecule has 7 heteroatoms. The lowest BCUT2D eigenvalue weighted by molar-refractivity contribution is -0.136. The Morgan fingerprint density at radius 2 is 1.87 bits per heavy atom.